The summed E-state index contributed by atoms with van der Waals surface area (Å²) < 4.78 is 1.79. The fraction of sp³-hybridized carbons (Fsp3) is 0.500. The number of β-amino-alcohol motifs (C(OH)–C–C–N with tert-alkyl or cyclic N) is 1. The normalized spacial score (nSPS) is 20.3. The van der Waals surface area contributed by atoms with Gasteiger partial charge in [0, 0.05) is 56.9 Å². The van der Waals surface area contributed by atoms with Gasteiger partial charge in [-0.2, -0.15) is 5.10 Å². The summed E-state index contributed by atoms with van der Waals surface area (Å²) in [5.41, 5.74) is 0.0891. The first-order chi connectivity index (χ1) is 11.6. The third kappa shape index (κ3) is 3.88. The van der Waals surface area contributed by atoms with E-state index in [-0.39, 0.29) is 12.5 Å². The van der Waals surface area contributed by atoms with Gasteiger partial charge in [0.25, 0.3) is 0 Å². The number of anilines is 1. The van der Waals surface area contributed by atoms with Crippen molar-refractivity contribution in [2.45, 2.75) is 31.9 Å². The van der Waals surface area contributed by atoms with Crippen LogP contribution in [0.2, 0.25) is 0 Å². The van der Waals surface area contributed by atoms with Crippen LogP contribution in [0.3, 0.4) is 0 Å². The van der Waals surface area contributed by atoms with Crippen LogP contribution in [-0.2, 0) is 11.3 Å². The van der Waals surface area contributed by atoms with E-state index < -0.39 is 5.60 Å². The largest absolute Gasteiger partial charge is 0.386 e. The monoisotopic (exact) mass is 330 g/mol. The molecule has 1 fully saturated rings. The second kappa shape index (κ2) is 6.96. The summed E-state index contributed by atoms with van der Waals surface area (Å²) in [4.78, 5) is 22.3. The van der Waals surface area contributed by atoms with E-state index in [1.165, 1.54) is 0 Å². The zero-order valence-electron chi connectivity index (χ0n) is 13.7. The number of amides is 1. The quantitative estimate of drug-likeness (QED) is 0.781. The van der Waals surface area contributed by atoms with Gasteiger partial charge >= 0.3 is 0 Å². The van der Waals surface area contributed by atoms with Crippen LogP contribution in [0.1, 0.15) is 18.5 Å². The van der Waals surface area contributed by atoms with E-state index in [0.717, 1.165) is 11.5 Å². The number of hydrogen-bond acceptors (Lipinski definition) is 6. The molecule has 0 saturated carbocycles. The van der Waals surface area contributed by atoms with Crippen LogP contribution >= 0.6 is 0 Å². The molecule has 8 nitrogen and oxygen atoms in total. The number of rotatable bonds is 6. The van der Waals surface area contributed by atoms with Crippen molar-refractivity contribution in [3.63, 3.8) is 0 Å². The van der Waals surface area contributed by atoms with Gasteiger partial charge in [-0.05, 0) is 19.4 Å². The minimum Gasteiger partial charge on any atom is -0.386 e. The molecule has 3 heterocycles. The average Bonchev–Trinajstić information content (AvgIpc) is 3.18. The van der Waals surface area contributed by atoms with E-state index >= 15 is 0 Å². The summed E-state index contributed by atoms with van der Waals surface area (Å²) in [7, 11) is 0. The predicted molar refractivity (Wildman–Crippen MR) is 88.4 cm³/mol. The molecule has 0 radical (unpaired) electrons. The minimum atomic E-state index is -0.936. The van der Waals surface area contributed by atoms with Crippen LogP contribution in [0.5, 0.6) is 0 Å². The summed E-state index contributed by atoms with van der Waals surface area (Å²) >= 11 is 0. The molecule has 1 saturated heterocycles. The Morgan fingerprint density at radius 3 is 3.00 bits per heavy atom. The molecule has 0 unspecified atom stereocenters. The lowest BCUT2D eigenvalue weighted by Gasteiger charge is -2.24. The summed E-state index contributed by atoms with van der Waals surface area (Å²) in [5, 5.41) is 17.6. The van der Waals surface area contributed by atoms with Crippen molar-refractivity contribution < 1.29 is 9.90 Å². The molecule has 8 heteroatoms. The molecule has 3 rings (SSSR count). The lowest BCUT2D eigenvalue weighted by atomic mass is 10.0. The number of aliphatic hydroxyl groups is 1. The van der Waals surface area contributed by atoms with Crippen molar-refractivity contribution in [2.75, 3.05) is 24.5 Å². The molecular weight excluding hydrogens is 308 g/mol. The zero-order valence-corrected chi connectivity index (χ0v) is 13.7. The van der Waals surface area contributed by atoms with E-state index in [0.29, 0.717) is 32.5 Å². The molecular formula is C16H22N6O2. The number of hydrogen-bond donors (Lipinski definition) is 2. The molecule has 1 amide bonds. The fourth-order valence-corrected chi connectivity index (χ4v) is 2.84. The van der Waals surface area contributed by atoms with Crippen LogP contribution in [0.15, 0.2) is 30.9 Å². The first-order valence-corrected chi connectivity index (χ1v) is 8.04. The second-order valence-corrected chi connectivity index (χ2v) is 6.18. The lowest BCUT2D eigenvalue weighted by molar-refractivity contribution is -0.122. The van der Waals surface area contributed by atoms with Crippen molar-refractivity contribution in [1.29, 1.82) is 0 Å². The Hall–Kier alpha value is -2.48. The molecule has 24 heavy (non-hydrogen) atoms. The topological polar surface area (TPSA) is 96.2 Å². The first-order valence-electron chi connectivity index (χ1n) is 8.04. The average molecular weight is 330 g/mol. The van der Waals surface area contributed by atoms with Crippen molar-refractivity contribution in [2.24, 2.45) is 0 Å². The number of aromatic nitrogens is 4. The summed E-state index contributed by atoms with van der Waals surface area (Å²) in [5.74, 6) is 0.658. The predicted octanol–water partition coefficient (Wildman–Crippen LogP) is 0.129. The van der Waals surface area contributed by atoms with Crippen LogP contribution in [-0.4, -0.2) is 56.0 Å². The van der Waals surface area contributed by atoms with Crippen LogP contribution in [0.25, 0.3) is 0 Å². The Morgan fingerprint density at radius 1 is 1.42 bits per heavy atom. The molecule has 1 aliphatic rings. The Bertz CT molecular complexity index is 689. The van der Waals surface area contributed by atoms with Crippen molar-refractivity contribution in [1.82, 2.24) is 25.1 Å². The maximum Gasteiger partial charge on any atom is 0.221 e. The highest BCUT2D eigenvalue weighted by molar-refractivity contribution is 5.75. The van der Waals surface area contributed by atoms with Gasteiger partial charge in [0.2, 0.25) is 5.91 Å². The van der Waals surface area contributed by atoms with Gasteiger partial charge in [0.1, 0.15) is 11.4 Å². The molecule has 2 aromatic heterocycles. The Kier molecular flexibility index (Phi) is 4.75. The number of carbonyl (C=O) groups excluding carboxylic acids is 1. The van der Waals surface area contributed by atoms with E-state index in [4.69, 9.17) is 0 Å². The maximum atomic E-state index is 12.0. The third-order valence-electron chi connectivity index (χ3n) is 4.30. The molecule has 1 aliphatic heterocycles. The highest BCUT2D eigenvalue weighted by atomic mass is 16.3. The lowest BCUT2D eigenvalue weighted by Crippen LogP contribution is -2.45. The van der Waals surface area contributed by atoms with Gasteiger partial charge in [0.05, 0.1) is 6.20 Å². The van der Waals surface area contributed by atoms with Crippen LogP contribution in [0.4, 0.5) is 5.82 Å². The highest BCUT2D eigenvalue weighted by Crippen LogP contribution is 2.24. The molecule has 0 aliphatic carbocycles. The van der Waals surface area contributed by atoms with Crippen molar-refractivity contribution >= 4 is 11.7 Å². The van der Waals surface area contributed by atoms with Gasteiger partial charge in [-0.25, -0.2) is 4.98 Å². The van der Waals surface area contributed by atoms with Gasteiger partial charge in [0.15, 0.2) is 0 Å². The van der Waals surface area contributed by atoms with Gasteiger partial charge in [-0.15, -0.1) is 0 Å². The summed E-state index contributed by atoms with van der Waals surface area (Å²) in [6.45, 7) is 3.85. The van der Waals surface area contributed by atoms with E-state index in [9.17, 15) is 9.90 Å². The smallest absolute Gasteiger partial charge is 0.221 e. The Balaban J connectivity index is 1.46. The minimum absolute atomic E-state index is 0.0868. The van der Waals surface area contributed by atoms with Crippen LogP contribution in [0, 0.1) is 6.92 Å². The standard InChI is InChI=1S/C16H22N6O2/c1-13-2-5-20-22(13)8-3-15(23)19-11-16(24)4-9-21(12-16)14-10-17-6-7-18-14/h2,5-7,10,24H,3-4,8-9,11-12H2,1H3,(H,19,23)/t16-/m0/s1. The van der Waals surface area contributed by atoms with Crippen LogP contribution < -0.4 is 10.2 Å². The molecule has 128 valence electrons. The maximum absolute atomic E-state index is 12.0. The SMILES string of the molecule is Cc1ccnn1CCC(=O)NC[C@@]1(O)CCN(c2cnccn2)C1. The molecule has 0 bridgehead atoms. The zero-order chi connectivity index (χ0) is 17.0. The number of nitrogens with one attached hydrogen (secondary N) is 1. The Labute approximate surface area is 140 Å². The number of carbonyl (C=O) groups is 1. The summed E-state index contributed by atoms with van der Waals surface area (Å²) in [6, 6.07) is 1.90. The van der Waals surface area contributed by atoms with Gasteiger partial charge in [-0.1, -0.05) is 0 Å². The van der Waals surface area contributed by atoms with Gasteiger partial charge < -0.3 is 15.3 Å². The molecule has 0 spiro atoms. The second-order valence-electron chi connectivity index (χ2n) is 6.18. The van der Waals surface area contributed by atoms with E-state index in [1.54, 1.807) is 29.5 Å². The first kappa shape index (κ1) is 16.4. The molecule has 0 aromatic carbocycles. The van der Waals surface area contributed by atoms with Crippen molar-refractivity contribution in [3.05, 3.63) is 36.5 Å². The summed E-state index contributed by atoms with van der Waals surface area (Å²) in [6.07, 6.45) is 7.57. The Morgan fingerprint density at radius 2 is 2.29 bits per heavy atom. The number of nitrogens with zero attached hydrogens (tertiary/aromatic N) is 5. The van der Waals surface area contributed by atoms with E-state index in [1.807, 2.05) is 17.9 Å². The van der Waals surface area contributed by atoms with Crippen molar-refractivity contribution in [3.8, 4) is 0 Å². The molecule has 2 N–H and O–H groups in total. The third-order valence-corrected chi connectivity index (χ3v) is 4.30. The molecule has 2 aromatic rings. The van der Waals surface area contributed by atoms with Gasteiger partial charge in [-0.3, -0.25) is 14.5 Å². The molecule has 1 atom stereocenters. The fourth-order valence-electron chi connectivity index (χ4n) is 2.84. The number of aryl methyl sites for hydroxylation is 2. The van der Waals surface area contributed by atoms with E-state index in [2.05, 4.69) is 20.4 Å². The highest BCUT2D eigenvalue weighted by Gasteiger charge is 2.36.